The van der Waals surface area contributed by atoms with Crippen LogP contribution >= 0.6 is 11.3 Å². The fourth-order valence-electron chi connectivity index (χ4n) is 4.44. The SMILES string of the molecule is O=C(CN1c2ccccc2NC2=C(C(=O)CCC2)[C@H]1c1cccs1)Nc1cccc(F)c1. The third-order valence-corrected chi connectivity index (χ3v) is 6.70. The fourth-order valence-corrected chi connectivity index (χ4v) is 5.28. The number of thiophene rings is 1. The molecule has 0 unspecified atom stereocenters. The van der Waals surface area contributed by atoms with Crippen molar-refractivity contribution in [1.29, 1.82) is 0 Å². The summed E-state index contributed by atoms with van der Waals surface area (Å²) in [6.07, 6.45) is 2.10. The van der Waals surface area contributed by atoms with Crippen LogP contribution in [0.25, 0.3) is 0 Å². The second-order valence-electron chi connectivity index (χ2n) is 7.92. The summed E-state index contributed by atoms with van der Waals surface area (Å²) >= 11 is 1.57. The monoisotopic (exact) mass is 447 g/mol. The largest absolute Gasteiger partial charge is 0.357 e. The van der Waals surface area contributed by atoms with Gasteiger partial charge >= 0.3 is 0 Å². The Hall–Kier alpha value is -3.45. The number of anilines is 3. The number of carbonyl (C=O) groups excluding carboxylic acids is 2. The fraction of sp³-hybridized carbons (Fsp3) is 0.200. The maximum absolute atomic E-state index is 13.6. The minimum atomic E-state index is -0.411. The smallest absolute Gasteiger partial charge is 0.243 e. The molecule has 0 radical (unpaired) electrons. The number of fused-ring (bicyclic) bond motifs is 1. The molecule has 5 rings (SSSR count). The average molecular weight is 448 g/mol. The molecular weight excluding hydrogens is 425 g/mol. The van der Waals surface area contributed by atoms with E-state index in [2.05, 4.69) is 10.6 Å². The highest BCUT2D eigenvalue weighted by atomic mass is 32.1. The second-order valence-corrected chi connectivity index (χ2v) is 8.89. The van der Waals surface area contributed by atoms with Gasteiger partial charge in [-0.15, -0.1) is 11.3 Å². The van der Waals surface area contributed by atoms with Gasteiger partial charge in [-0.3, -0.25) is 9.59 Å². The van der Waals surface area contributed by atoms with Gasteiger partial charge in [0.15, 0.2) is 5.78 Å². The molecule has 2 heterocycles. The summed E-state index contributed by atoms with van der Waals surface area (Å²) in [5, 5.41) is 8.26. The zero-order chi connectivity index (χ0) is 22.1. The van der Waals surface area contributed by atoms with Gasteiger partial charge in [0, 0.05) is 28.3 Å². The first-order valence-electron chi connectivity index (χ1n) is 10.6. The Morgan fingerprint density at radius 2 is 2.00 bits per heavy atom. The van der Waals surface area contributed by atoms with Crippen molar-refractivity contribution < 1.29 is 14.0 Å². The minimum absolute atomic E-state index is 0.0157. The molecule has 1 aromatic heterocycles. The molecule has 32 heavy (non-hydrogen) atoms. The first kappa shape index (κ1) is 20.5. The van der Waals surface area contributed by atoms with Crippen molar-refractivity contribution in [1.82, 2.24) is 0 Å². The Bertz CT molecular complexity index is 1210. The maximum Gasteiger partial charge on any atom is 0.243 e. The molecule has 0 bridgehead atoms. The normalized spacial score (nSPS) is 17.8. The molecule has 0 saturated heterocycles. The molecule has 1 aliphatic heterocycles. The standard InChI is InChI=1S/C25H22FN3O2S/c26-16-6-3-7-17(14-16)27-23(31)15-29-20-10-2-1-8-18(20)28-19-9-4-11-21(30)24(19)25(29)22-12-5-13-32-22/h1-3,5-8,10,12-14,25,28H,4,9,11,15H2,(H,27,31)/t25-/m1/s1. The van der Waals surface area contributed by atoms with E-state index < -0.39 is 5.82 Å². The number of ketones is 1. The number of carbonyl (C=O) groups is 2. The third kappa shape index (κ3) is 3.91. The topological polar surface area (TPSA) is 61.4 Å². The number of amides is 1. The third-order valence-electron chi connectivity index (χ3n) is 5.78. The molecule has 0 fully saturated rings. The molecule has 1 aliphatic carbocycles. The Labute approximate surface area is 189 Å². The number of benzene rings is 2. The van der Waals surface area contributed by atoms with Gasteiger partial charge in [0.25, 0.3) is 0 Å². The van der Waals surface area contributed by atoms with Crippen LogP contribution < -0.4 is 15.5 Å². The highest BCUT2D eigenvalue weighted by molar-refractivity contribution is 7.10. The van der Waals surface area contributed by atoms with E-state index in [1.165, 1.54) is 12.1 Å². The van der Waals surface area contributed by atoms with Crippen LogP contribution in [0.2, 0.25) is 0 Å². The predicted octanol–water partition coefficient (Wildman–Crippen LogP) is 5.51. The zero-order valence-corrected chi connectivity index (χ0v) is 18.1. The van der Waals surface area contributed by atoms with Gasteiger partial charge in [-0.25, -0.2) is 4.39 Å². The molecule has 3 aromatic rings. The van der Waals surface area contributed by atoms with Crippen LogP contribution in [-0.4, -0.2) is 18.2 Å². The number of para-hydroxylation sites is 2. The number of hydrogen-bond acceptors (Lipinski definition) is 5. The zero-order valence-electron chi connectivity index (χ0n) is 17.3. The number of halogens is 1. The summed E-state index contributed by atoms with van der Waals surface area (Å²) in [5.41, 5.74) is 3.78. The number of rotatable bonds is 4. The van der Waals surface area contributed by atoms with Crippen molar-refractivity contribution in [3.8, 4) is 0 Å². The molecule has 0 saturated carbocycles. The lowest BCUT2D eigenvalue weighted by molar-refractivity contribution is -0.117. The van der Waals surface area contributed by atoms with E-state index in [1.54, 1.807) is 23.5 Å². The van der Waals surface area contributed by atoms with Crippen LogP contribution in [0.3, 0.4) is 0 Å². The summed E-state index contributed by atoms with van der Waals surface area (Å²) in [6.45, 7) is 0.0157. The van der Waals surface area contributed by atoms with Gasteiger partial charge in [-0.2, -0.15) is 0 Å². The van der Waals surface area contributed by atoms with E-state index in [9.17, 15) is 14.0 Å². The summed E-state index contributed by atoms with van der Waals surface area (Å²) < 4.78 is 13.6. The van der Waals surface area contributed by atoms with Crippen molar-refractivity contribution in [2.24, 2.45) is 0 Å². The van der Waals surface area contributed by atoms with Crippen molar-refractivity contribution in [2.45, 2.75) is 25.3 Å². The summed E-state index contributed by atoms with van der Waals surface area (Å²) in [5.74, 6) is -0.578. The van der Waals surface area contributed by atoms with Crippen LogP contribution in [0.1, 0.15) is 30.2 Å². The minimum Gasteiger partial charge on any atom is -0.357 e. The molecular formula is C25H22FN3O2S. The highest BCUT2D eigenvalue weighted by Gasteiger charge is 2.37. The number of nitrogens with zero attached hydrogens (tertiary/aromatic N) is 1. The Kier molecular flexibility index (Phi) is 5.49. The van der Waals surface area contributed by atoms with Crippen molar-refractivity contribution in [3.05, 3.63) is 88.0 Å². The Balaban J connectivity index is 1.58. The molecule has 7 heteroatoms. The van der Waals surface area contributed by atoms with Gasteiger partial charge in [0.1, 0.15) is 5.82 Å². The van der Waals surface area contributed by atoms with Crippen molar-refractivity contribution >= 4 is 40.1 Å². The lowest BCUT2D eigenvalue weighted by Gasteiger charge is -2.34. The van der Waals surface area contributed by atoms with E-state index in [0.29, 0.717) is 12.1 Å². The lowest BCUT2D eigenvalue weighted by Crippen LogP contribution is -2.38. The molecule has 2 aromatic carbocycles. The van der Waals surface area contributed by atoms with Crippen LogP contribution in [0.15, 0.2) is 77.3 Å². The predicted molar refractivity (Wildman–Crippen MR) is 125 cm³/mol. The van der Waals surface area contributed by atoms with E-state index in [1.807, 2.05) is 46.7 Å². The summed E-state index contributed by atoms with van der Waals surface area (Å²) in [4.78, 5) is 29.2. The Morgan fingerprint density at radius 1 is 1.12 bits per heavy atom. The summed E-state index contributed by atoms with van der Waals surface area (Å²) in [7, 11) is 0. The molecule has 1 atom stereocenters. The molecule has 2 N–H and O–H groups in total. The number of hydrogen-bond donors (Lipinski definition) is 2. The molecule has 5 nitrogen and oxygen atoms in total. The Morgan fingerprint density at radius 3 is 2.81 bits per heavy atom. The van der Waals surface area contributed by atoms with E-state index in [0.717, 1.165) is 40.4 Å². The van der Waals surface area contributed by atoms with Crippen LogP contribution in [-0.2, 0) is 9.59 Å². The molecule has 1 amide bonds. The van der Waals surface area contributed by atoms with Gasteiger partial charge < -0.3 is 15.5 Å². The highest BCUT2D eigenvalue weighted by Crippen LogP contribution is 2.45. The van der Waals surface area contributed by atoms with Gasteiger partial charge in [0.05, 0.1) is 24.0 Å². The molecule has 0 spiro atoms. The van der Waals surface area contributed by atoms with Crippen LogP contribution in [0.5, 0.6) is 0 Å². The number of allylic oxidation sites excluding steroid dienone is 1. The van der Waals surface area contributed by atoms with Gasteiger partial charge in [-0.1, -0.05) is 24.3 Å². The van der Waals surface area contributed by atoms with Crippen molar-refractivity contribution in [3.63, 3.8) is 0 Å². The van der Waals surface area contributed by atoms with E-state index in [4.69, 9.17) is 0 Å². The van der Waals surface area contributed by atoms with Crippen LogP contribution in [0.4, 0.5) is 21.5 Å². The van der Waals surface area contributed by atoms with Gasteiger partial charge in [0.2, 0.25) is 5.91 Å². The van der Waals surface area contributed by atoms with Crippen LogP contribution in [0, 0.1) is 5.82 Å². The summed E-state index contributed by atoms with van der Waals surface area (Å²) in [6, 6.07) is 17.2. The quantitative estimate of drug-likeness (QED) is 0.554. The first-order chi connectivity index (χ1) is 15.6. The number of Topliss-reactive ketones (excluding diaryl/α,β-unsaturated/α-hetero) is 1. The average Bonchev–Trinajstić information content (AvgIpc) is 3.25. The number of nitrogens with one attached hydrogen (secondary N) is 2. The second kappa shape index (κ2) is 8.59. The first-order valence-corrected chi connectivity index (χ1v) is 11.5. The van der Waals surface area contributed by atoms with E-state index >= 15 is 0 Å². The maximum atomic E-state index is 13.6. The van der Waals surface area contributed by atoms with Crippen molar-refractivity contribution in [2.75, 3.05) is 22.1 Å². The lowest BCUT2D eigenvalue weighted by atomic mass is 9.88. The van der Waals surface area contributed by atoms with E-state index in [-0.39, 0.29) is 24.3 Å². The molecule has 2 aliphatic rings. The molecule has 162 valence electrons. The van der Waals surface area contributed by atoms with Gasteiger partial charge in [-0.05, 0) is 54.6 Å².